The summed E-state index contributed by atoms with van der Waals surface area (Å²) in [6, 6.07) is 9.42. The molecule has 2 aromatic rings. The van der Waals surface area contributed by atoms with Gasteiger partial charge in [0.05, 0.1) is 18.8 Å². The Balaban J connectivity index is 2.56. The van der Waals surface area contributed by atoms with Gasteiger partial charge in [0.25, 0.3) is 5.56 Å². The fraction of sp³-hybridized carbons (Fsp3) is 0.375. The van der Waals surface area contributed by atoms with Crippen molar-refractivity contribution in [3.63, 3.8) is 0 Å². The number of hydrogen-bond acceptors (Lipinski definition) is 4. The molecule has 0 unspecified atom stereocenters. The van der Waals surface area contributed by atoms with Crippen LogP contribution in [0.3, 0.4) is 0 Å². The molecule has 1 heterocycles. The van der Waals surface area contributed by atoms with Crippen LogP contribution in [-0.2, 0) is 11.3 Å². The largest absolute Gasteiger partial charge is 0.397 e. The van der Waals surface area contributed by atoms with Crippen LogP contribution in [0.4, 0.5) is 5.69 Å². The second kappa shape index (κ2) is 6.54. The van der Waals surface area contributed by atoms with Crippen molar-refractivity contribution in [2.45, 2.75) is 26.3 Å². The molecule has 0 spiro atoms. The quantitative estimate of drug-likeness (QED) is 0.915. The molecule has 0 aliphatic rings. The maximum absolute atomic E-state index is 11.9. The Hall–Kier alpha value is -2.14. The number of methoxy groups -OCH3 is 1. The van der Waals surface area contributed by atoms with Gasteiger partial charge in [-0.1, -0.05) is 38.1 Å². The van der Waals surface area contributed by atoms with Crippen molar-refractivity contribution in [1.82, 2.24) is 9.78 Å². The van der Waals surface area contributed by atoms with Gasteiger partial charge in [0.15, 0.2) is 0 Å². The lowest BCUT2D eigenvalue weighted by Crippen LogP contribution is -2.25. The fourth-order valence-electron chi connectivity index (χ4n) is 2.27. The molecule has 2 N–H and O–H groups in total. The molecule has 2 rings (SSSR count). The van der Waals surface area contributed by atoms with E-state index in [0.29, 0.717) is 30.5 Å². The van der Waals surface area contributed by atoms with Crippen LogP contribution in [0.15, 0.2) is 35.1 Å². The van der Waals surface area contributed by atoms with Gasteiger partial charge in [0.2, 0.25) is 0 Å². The molecule has 112 valence electrons. The minimum Gasteiger partial charge on any atom is -0.397 e. The molecule has 0 saturated carbocycles. The molecule has 0 bridgehead atoms. The average molecular weight is 287 g/mol. The van der Waals surface area contributed by atoms with Gasteiger partial charge in [-0.25, -0.2) is 4.68 Å². The van der Waals surface area contributed by atoms with Crippen LogP contribution in [-0.4, -0.2) is 23.5 Å². The van der Waals surface area contributed by atoms with Gasteiger partial charge >= 0.3 is 0 Å². The maximum Gasteiger partial charge on any atom is 0.268 e. The summed E-state index contributed by atoms with van der Waals surface area (Å²) >= 11 is 0. The minimum atomic E-state index is -0.213. The summed E-state index contributed by atoms with van der Waals surface area (Å²) in [5.74, 6) is 0.349. The maximum atomic E-state index is 11.9. The van der Waals surface area contributed by atoms with Gasteiger partial charge in [-0.3, -0.25) is 4.79 Å². The van der Waals surface area contributed by atoms with Crippen molar-refractivity contribution in [3.05, 3.63) is 46.2 Å². The monoisotopic (exact) mass is 287 g/mol. The first kappa shape index (κ1) is 15.3. The SMILES string of the molecule is COCCn1nc(-c2ccccc2C(C)C)c(N)cc1=O. The average Bonchev–Trinajstić information content (AvgIpc) is 2.46. The number of ether oxygens (including phenoxy) is 1. The number of nitrogen functional groups attached to an aromatic ring is 1. The van der Waals surface area contributed by atoms with Crippen molar-refractivity contribution < 1.29 is 4.74 Å². The molecule has 1 aromatic heterocycles. The van der Waals surface area contributed by atoms with Crippen molar-refractivity contribution >= 4 is 5.69 Å². The highest BCUT2D eigenvalue weighted by Crippen LogP contribution is 2.30. The van der Waals surface area contributed by atoms with Crippen LogP contribution in [0.1, 0.15) is 25.3 Å². The molecule has 0 saturated heterocycles. The lowest BCUT2D eigenvalue weighted by Gasteiger charge is -2.15. The molecular formula is C16H21N3O2. The van der Waals surface area contributed by atoms with Gasteiger partial charge in [-0.05, 0) is 11.5 Å². The van der Waals surface area contributed by atoms with E-state index >= 15 is 0 Å². The third kappa shape index (κ3) is 3.31. The lowest BCUT2D eigenvalue weighted by molar-refractivity contribution is 0.182. The highest BCUT2D eigenvalue weighted by Gasteiger charge is 2.14. The van der Waals surface area contributed by atoms with Crippen LogP contribution in [0.25, 0.3) is 11.3 Å². The number of aromatic nitrogens is 2. The van der Waals surface area contributed by atoms with Crippen molar-refractivity contribution in [2.75, 3.05) is 19.5 Å². The van der Waals surface area contributed by atoms with E-state index in [1.807, 2.05) is 18.2 Å². The normalized spacial score (nSPS) is 11.0. The topological polar surface area (TPSA) is 70.1 Å². The Morgan fingerprint density at radius 1 is 1.33 bits per heavy atom. The first-order chi connectivity index (χ1) is 10.0. The summed E-state index contributed by atoms with van der Waals surface area (Å²) in [7, 11) is 1.59. The Bertz CT molecular complexity index is 677. The number of anilines is 1. The highest BCUT2D eigenvalue weighted by molar-refractivity contribution is 5.74. The Morgan fingerprint density at radius 3 is 2.71 bits per heavy atom. The molecule has 5 heteroatoms. The summed E-state index contributed by atoms with van der Waals surface area (Å²) in [6.45, 7) is 5.08. The number of rotatable bonds is 5. The van der Waals surface area contributed by atoms with Crippen LogP contribution in [0.5, 0.6) is 0 Å². The van der Waals surface area contributed by atoms with E-state index < -0.39 is 0 Å². The van der Waals surface area contributed by atoms with E-state index in [-0.39, 0.29) is 5.56 Å². The molecule has 1 aromatic carbocycles. The molecule has 0 radical (unpaired) electrons. The Morgan fingerprint density at radius 2 is 2.05 bits per heavy atom. The molecular weight excluding hydrogens is 266 g/mol. The van der Waals surface area contributed by atoms with Gasteiger partial charge in [-0.2, -0.15) is 5.10 Å². The summed E-state index contributed by atoms with van der Waals surface area (Å²) in [6.07, 6.45) is 0. The predicted molar refractivity (Wildman–Crippen MR) is 84.3 cm³/mol. The number of nitrogens with two attached hydrogens (primary N) is 1. The third-order valence-electron chi connectivity index (χ3n) is 3.37. The second-order valence-electron chi connectivity index (χ2n) is 5.24. The van der Waals surface area contributed by atoms with E-state index in [2.05, 4.69) is 25.0 Å². The highest BCUT2D eigenvalue weighted by atomic mass is 16.5. The molecule has 0 atom stereocenters. The zero-order chi connectivity index (χ0) is 15.4. The lowest BCUT2D eigenvalue weighted by atomic mass is 9.95. The first-order valence-electron chi connectivity index (χ1n) is 7.00. The van der Waals surface area contributed by atoms with Crippen LogP contribution < -0.4 is 11.3 Å². The van der Waals surface area contributed by atoms with E-state index in [0.717, 1.165) is 11.1 Å². The Labute approximate surface area is 124 Å². The van der Waals surface area contributed by atoms with Crippen molar-refractivity contribution in [1.29, 1.82) is 0 Å². The van der Waals surface area contributed by atoms with E-state index in [1.54, 1.807) is 7.11 Å². The molecule has 21 heavy (non-hydrogen) atoms. The van der Waals surface area contributed by atoms with E-state index in [4.69, 9.17) is 10.5 Å². The van der Waals surface area contributed by atoms with Gasteiger partial charge in [0, 0.05) is 18.7 Å². The van der Waals surface area contributed by atoms with E-state index in [9.17, 15) is 4.79 Å². The fourth-order valence-corrected chi connectivity index (χ4v) is 2.27. The predicted octanol–water partition coefficient (Wildman–Crippen LogP) is 2.26. The number of benzene rings is 1. The number of hydrogen-bond donors (Lipinski definition) is 1. The molecule has 0 fully saturated rings. The third-order valence-corrected chi connectivity index (χ3v) is 3.37. The smallest absolute Gasteiger partial charge is 0.268 e. The summed E-state index contributed by atoms with van der Waals surface area (Å²) in [5, 5.41) is 4.42. The zero-order valence-corrected chi connectivity index (χ0v) is 12.7. The van der Waals surface area contributed by atoms with Crippen LogP contribution in [0, 0.1) is 0 Å². The standard InChI is InChI=1S/C16H21N3O2/c1-11(2)12-6-4-5-7-13(12)16-14(17)10-15(20)19(18-16)8-9-21-3/h4-7,10-11H,8-9,17H2,1-3H3. The second-order valence-corrected chi connectivity index (χ2v) is 5.24. The van der Waals surface area contributed by atoms with Gasteiger partial charge < -0.3 is 10.5 Å². The van der Waals surface area contributed by atoms with Crippen LogP contribution >= 0.6 is 0 Å². The molecule has 0 aliphatic carbocycles. The minimum absolute atomic E-state index is 0.213. The summed E-state index contributed by atoms with van der Waals surface area (Å²) < 4.78 is 6.40. The van der Waals surface area contributed by atoms with E-state index in [1.165, 1.54) is 10.7 Å². The number of nitrogens with zero attached hydrogens (tertiary/aromatic N) is 2. The first-order valence-corrected chi connectivity index (χ1v) is 7.00. The van der Waals surface area contributed by atoms with Crippen molar-refractivity contribution in [3.8, 4) is 11.3 Å². The van der Waals surface area contributed by atoms with Crippen LogP contribution in [0.2, 0.25) is 0 Å². The zero-order valence-electron chi connectivity index (χ0n) is 12.7. The molecule has 0 amide bonds. The molecule has 5 nitrogen and oxygen atoms in total. The van der Waals surface area contributed by atoms with Crippen molar-refractivity contribution in [2.24, 2.45) is 0 Å². The summed E-state index contributed by atoms with van der Waals surface area (Å²) in [5.41, 5.74) is 8.98. The van der Waals surface area contributed by atoms with Gasteiger partial charge in [0.1, 0.15) is 5.69 Å². The summed E-state index contributed by atoms with van der Waals surface area (Å²) in [4.78, 5) is 11.9. The van der Waals surface area contributed by atoms with Gasteiger partial charge in [-0.15, -0.1) is 0 Å². The molecule has 0 aliphatic heterocycles. The Kier molecular flexibility index (Phi) is 4.75.